The Labute approximate surface area is 578 Å². The molecule has 8 heterocycles. The molecule has 2 N–H and O–H groups in total. The molecule has 516 valence electrons. The Morgan fingerprint density at radius 2 is 0.832 bits per heavy atom. The Balaban J connectivity index is 0.000000145. The van der Waals surface area contributed by atoms with Gasteiger partial charge in [-0.15, -0.1) is 0 Å². The third-order valence-electron chi connectivity index (χ3n) is 14.1. The molecule has 8 aromatic heterocycles. The lowest BCUT2D eigenvalue weighted by molar-refractivity contribution is -0.143. The number of hydrogen-bond acceptors (Lipinski definition) is 13. The molecule has 0 aliphatic heterocycles. The van der Waals surface area contributed by atoms with Crippen LogP contribution in [-0.2, 0) is 18.5 Å². The van der Waals surface area contributed by atoms with Crippen molar-refractivity contribution in [1.29, 1.82) is 0 Å². The molecule has 0 atom stereocenters. The van der Waals surface area contributed by atoms with E-state index in [1.165, 1.54) is 110 Å². The molecule has 0 bridgehead atoms. The lowest BCUT2D eigenvalue weighted by Gasteiger charge is -2.12. The summed E-state index contributed by atoms with van der Waals surface area (Å²) in [6.07, 6.45) is -6.69. The predicted octanol–water partition coefficient (Wildman–Crippen LogP) is 19.4. The monoisotopic (exact) mass is 1530 g/mol. The molecule has 0 amide bonds. The van der Waals surface area contributed by atoms with Crippen LogP contribution in [0.4, 0.5) is 65.9 Å². The van der Waals surface area contributed by atoms with Crippen LogP contribution < -0.4 is 5.46 Å². The highest BCUT2D eigenvalue weighted by atomic mass is 79.9. The highest BCUT2D eigenvalue weighted by molar-refractivity contribution is 9.10. The van der Waals surface area contributed by atoms with E-state index in [1.807, 2.05) is 0 Å². The molecular formula is C65H33BBrCl3F15N9O7. The van der Waals surface area contributed by atoms with E-state index in [4.69, 9.17) is 62.8 Å². The first kappa shape index (κ1) is 71.7. The van der Waals surface area contributed by atoms with Gasteiger partial charge in [0, 0.05) is 17.1 Å². The van der Waals surface area contributed by atoms with Gasteiger partial charge in [0.25, 0.3) is 0 Å². The van der Waals surface area contributed by atoms with Crippen molar-refractivity contribution in [3.8, 4) is 95.9 Å². The zero-order chi connectivity index (χ0) is 72.4. The van der Waals surface area contributed by atoms with E-state index < -0.39 is 94.3 Å². The molecular weight excluding hydrogens is 1500 g/mol. The van der Waals surface area contributed by atoms with Crippen LogP contribution in [0.2, 0.25) is 15.1 Å². The maximum absolute atomic E-state index is 14.7. The van der Waals surface area contributed by atoms with Crippen LogP contribution in [0.1, 0.15) is 17.1 Å². The van der Waals surface area contributed by atoms with Gasteiger partial charge < -0.3 is 32.5 Å². The summed E-state index contributed by atoms with van der Waals surface area (Å²) in [6, 6.07) is 29.5. The van der Waals surface area contributed by atoms with Gasteiger partial charge in [-0.3, -0.25) is 0 Å². The standard InChI is InChI=1S/C23H11ClF5N3O2.C19H8BrClF5N3O.C19H9ClF5N3O.C4H5BO3/c24-16-5-2-6-17(26)19(16)20-18(12-7-8-33-11-12)21(34-31-20)15-10-30-32(22(15)23(27,28)29)14-4-1-3-13(25)9-14;20-15-16(14-12(21)5-2-6-13(14)23)28-30-17(15)11-8-27-29(18(11)19(24,25)26)10-4-1-3-9(22)7-10;20-13-5-2-6-14(22)17(13)15-8-16(29-27-15)12-9-26-28(18(12)19(23,24)25)11-4-1-3-10(21)7-11;6-5(7)4-1-2-8-3-4/h1-11H;1-8H;1-9H;1-3,6-7H. The largest absolute Gasteiger partial charge is 0.491 e. The van der Waals surface area contributed by atoms with Gasteiger partial charge in [0.05, 0.1) is 119 Å². The minimum Gasteiger partial charge on any atom is -0.473 e. The first-order chi connectivity index (χ1) is 48.0. The normalized spacial score (nSPS) is 11.6. The first-order valence-corrected chi connectivity index (χ1v) is 30.0. The van der Waals surface area contributed by atoms with Crippen LogP contribution in [0, 0.1) is 34.9 Å². The Morgan fingerprint density at radius 1 is 0.426 bits per heavy atom. The molecule has 0 spiro atoms. The summed E-state index contributed by atoms with van der Waals surface area (Å²) in [5, 5.41) is 39.3. The second-order valence-electron chi connectivity index (χ2n) is 20.6. The van der Waals surface area contributed by atoms with Crippen molar-refractivity contribution in [3.05, 3.63) is 261 Å². The third-order valence-corrected chi connectivity index (χ3v) is 15.8. The van der Waals surface area contributed by atoms with Crippen molar-refractivity contribution in [3.63, 3.8) is 0 Å². The average Bonchev–Trinajstić information content (AvgIpc) is 1.62. The number of rotatable bonds is 11. The molecule has 14 rings (SSSR count). The predicted molar refractivity (Wildman–Crippen MR) is 337 cm³/mol. The van der Waals surface area contributed by atoms with Crippen LogP contribution in [0.5, 0.6) is 0 Å². The van der Waals surface area contributed by atoms with E-state index in [1.54, 1.807) is 0 Å². The van der Waals surface area contributed by atoms with E-state index in [2.05, 4.69) is 51.1 Å². The number of alkyl halides is 9. The van der Waals surface area contributed by atoms with Crippen LogP contribution in [0.3, 0.4) is 0 Å². The molecule has 0 saturated carbocycles. The Kier molecular flexibility index (Phi) is 20.8. The van der Waals surface area contributed by atoms with Crippen LogP contribution in [-0.4, -0.2) is 62.0 Å². The smallest absolute Gasteiger partial charge is 0.473 e. The van der Waals surface area contributed by atoms with E-state index in [0.29, 0.717) is 19.5 Å². The molecule has 14 aromatic rings. The van der Waals surface area contributed by atoms with Crippen molar-refractivity contribution in [2.24, 2.45) is 0 Å². The summed E-state index contributed by atoms with van der Waals surface area (Å²) in [5.74, 6) is -5.34. The number of benzene rings is 6. The number of furan rings is 2. The average molecular weight is 1530 g/mol. The lowest BCUT2D eigenvalue weighted by atomic mass is 9.83. The van der Waals surface area contributed by atoms with Gasteiger partial charge in [0.2, 0.25) is 0 Å². The van der Waals surface area contributed by atoms with E-state index in [0.717, 1.165) is 79.3 Å². The second kappa shape index (κ2) is 29.3. The maximum Gasteiger partial charge on any atom is 0.491 e. The molecule has 0 unspecified atom stereocenters. The molecule has 0 radical (unpaired) electrons. The van der Waals surface area contributed by atoms with Crippen molar-refractivity contribution in [2.75, 3.05) is 0 Å². The molecule has 0 saturated heterocycles. The topological polar surface area (TPSA) is 198 Å². The van der Waals surface area contributed by atoms with Crippen molar-refractivity contribution in [2.45, 2.75) is 18.5 Å². The number of hydrogen-bond donors (Lipinski definition) is 2. The fourth-order valence-corrected chi connectivity index (χ4v) is 11.2. The summed E-state index contributed by atoms with van der Waals surface area (Å²) in [5.41, 5.74) is -5.46. The van der Waals surface area contributed by atoms with Crippen LogP contribution in [0.15, 0.2) is 216 Å². The molecule has 36 heteroatoms. The SMILES string of the molecule is Fc1cccc(-n2ncc(-c3cc(-c4c(F)cccc4Cl)no3)c2C(F)(F)F)c1.Fc1cccc(-n2ncc(-c3onc(-c4c(F)cccc4Cl)c3-c3ccoc3)c2C(F)(F)F)c1.Fc1cccc(-n2ncc(-c3onc(-c4c(F)cccc4Cl)c3Br)c2C(F)(F)F)c1.OB(O)c1ccoc1. The molecule has 0 fully saturated rings. The fraction of sp³-hybridized carbons (Fsp3) is 0.0462. The summed E-state index contributed by atoms with van der Waals surface area (Å²) >= 11 is 21.3. The van der Waals surface area contributed by atoms with Crippen molar-refractivity contribution < 1.29 is 98.3 Å². The lowest BCUT2D eigenvalue weighted by Crippen LogP contribution is -2.27. The summed E-state index contributed by atoms with van der Waals surface area (Å²) in [7, 11) is -1.41. The minimum absolute atomic E-state index is 0.00190. The third kappa shape index (κ3) is 15.3. The fourth-order valence-electron chi connectivity index (χ4n) is 9.84. The molecule has 0 aliphatic carbocycles. The summed E-state index contributed by atoms with van der Waals surface area (Å²) in [4.78, 5) is 0. The van der Waals surface area contributed by atoms with Gasteiger partial charge in [-0.25, -0.2) is 40.4 Å². The van der Waals surface area contributed by atoms with Gasteiger partial charge >= 0.3 is 25.6 Å². The van der Waals surface area contributed by atoms with Gasteiger partial charge in [-0.1, -0.05) is 86.7 Å². The first-order valence-electron chi connectivity index (χ1n) is 28.1. The Hall–Kier alpha value is -10.6. The highest BCUT2D eigenvalue weighted by Crippen LogP contribution is 2.49. The van der Waals surface area contributed by atoms with Gasteiger partial charge in [-0.2, -0.15) is 54.8 Å². The van der Waals surface area contributed by atoms with Gasteiger partial charge in [0.15, 0.2) is 34.4 Å². The summed E-state index contributed by atoms with van der Waals surface area (Å²) in [6.45, 7) is 0. The molecule has 101 heavy (non-hydrogen) atoms. The maximum atomic E-state index is 14.7. The Bertz CT molecular complexity index is 5210. The minimum atomic E-state index is -4.92. The molecule has 16 nitrogen and oxygen atoms in total. The quantitative estimate of drug-likeness (QED) is 0.0917. The molecule has 6 aromatic carbocycles. The number of aromatic nitrogens is 9. The van der Waals surface area contributed by atoms with E-state index in [9.17, 15) is 65.9 Å². The second-order valence-corrected chi connectivity index (χ2v) is 22.6. The van der Waals surface area contributed by atoms with Crippen LogP contribution >= 0.6 is 50.7 Å². The molecule has 0 aliphatic rings. The van der Waals surface area contributed by atoms with Crippen LogP contribution in [0.25, 0.3) is 95.9 Å². The van der Waals surface area contributed by atoms with E-state index >= 15 is 0 Å². The zero-order valence-corrected chi connectivity index (χ0v) is 53.5. The van der Waals surface area contributed by atoms with Gasteiger partial charge in [-0.05, 0) is 119 Å². The number of nitrogens with zero attached hydrogens (tertiary/aromatic N) is 9. The highest BCUT2D eigenvalue weighted by Gasteiger charge is 2.44. The van der Waals surface area contributed by atoms with Crippen molar-refractivity contribution in [1.82, 2.24) is 44.8 Å². The number of halogens is 19. The van der Waals surface area contributed by atoms with Crippen molar-refractivity contribution >= 4 is 63.3 Å². The Morgan fingerprint density at radius 3 is 1.25 bits per heavy atom. The van der Waals surface area contributed by atoms with E-state index in [-0.39, 0.29) is 98.8 Å². The summed E-state index contributed by atoms with van der Waals surface area (Å²) < 4.78 is 236. The van der Waals surface area contributed by atoms with Gasteiger partial charge in [0.1, 0.15) is 52.0 Å². The zero-order valence-electron chi connectivity index (χ0n) is 49.6.